The molecular formula is C24H24N6O3. The van der Waals surface area contributed by atoms with Crippen LogP contribution < -0.4 is 0 Å². The van der Waals surface area contributed by atoms with Gasteiger partial charge in [-0.2, -0.15) is 5.10 Å². The van der Waals surface area contributed by atoms with Gasteiger partial charge in [0.25, 0.3) is 5.91 Å². The highest BCUT2D eigenvalue weighted by atomic mass is 16.5. The molecule has 2 fully saturated rings. The fourth-order valence-electron chi connectivity index (χ4n) is 5.26. The lowest BCUT2D eigenvalue weighted by molar-refractivity contribution is 0.00906. The van der Waals surface area contributed by atoms with Gasteiger partial charge in [0.2, 0.25) is 11.8 Å². The maximum atomic E-state index is 13.6. The Bertz CT molecular complexity index is 1310. The number of amides is 1. The molecular weight excluding hydrogens is 420 g/mol. The highest BCUT2D eigenvalue weighted by molar-refractivity contribution is 6.05. The fraction of sp³-hybridized carbons (Fsp3) is 0.375. The summed E-state index contributed by atoms with van der Waals surface area (Å²) in [7, 11) is 1.87. The van der Waals surface area contributed by atoms with Gasteiger partial charge >= 0.3 is 0 Å². The number of ether oxygens (including phenoxy) is 1. The third-order valence-corrected chi connectivity index (χ3v) is 7.05. The van der Waals surface area contributed by atoms with Gasteiger partial charge in [0.05, 0.1) is 11.4 Å². The van der Waals surface area contributed by atoms with Crippen LogP contribution in [0.3, 0.4) is 0 Å². The van der Waals surface area contributed by atoms with Gasteiger partial charge in [-0.15, -0.1) is 10.2 Å². The highest BCUT2D eigenvalue weighted by Crippen LogP contribution is 2.49. The Morgan fingerprint density at radius 3 is 2.70 bits per heavy atom. The lowest BCUT2D eigenvalue weighted by atomic mass is 9.72. The smallest absolute Gasteiger partial charge is 0.275 e. The lowest BCUT2D eigenvalue weighted by Crippen LogP contribution is -2.37. The van der Waals surface area contributed by atoms with E-state index in [9.17, 15) is 4.79 Å². The van der Waals surface area contributed by atoms with Gasteiger partial charge in [-0.25, -0.2) is 0 Å². The zero-order chi connectivity index (χ0) is 22.4. The normalized spacial score (nSPS) is 20.0. The molecule has 2 saturated heterocycles. The molecule has 0 aliphatic carbocycles. The van der Waals surface area contributed by atoms with Crippen LogP contribution in [0.25, 0.3) is 22.4 Å². The number of pyridine rings is 1. The first-order valence-corrected chi connectivity index (χ1v) is 11.2. The summed E-state index contributed by atoms with van der Waals surface area (Å²) in [4.78, 5) is 19.6. The maximum absolute atomic E-state index is 13.6. The Morgan fingerprint density at radius 2 is 1.88 bits per heavy atom. The summed E-state index contributed by atoms with van der Waals surface area (Å²) >= 11 is 0. The average molecular weight is 444 g/mol. The first kappa shape index (κ1) is 20.0. The van der Waals surface area contributed by atoms with Gasteiger partial charge in [-0.3, -0.25) is 14.5 Å². The summed E-state index contributed by atoms with van der Waals surface area (Å²) in [5.74, 6) is 0.928. The number of benzene rings is 1. The minimum Gasteiger partial charge on any atom is -0.420 e. The van der Waals surface area contributed by atoms with Crippen molar-refractivity contribution in [2.75, 3.05) is 26.3 Å². The van der Waals surface area contributed by atoms with Crippen LogP contribution in [0.4, 0.5) is 0 Å². The second-order valence-electron chi connectivity index (χ2n) is 8.88. The van der Waals surface area contributed by atoms with Gasteiger partial charge in [-0.1, -0.05) is 18.2 Å². The number of aromatic nitrogens is 5. The summed E-state index contributed by atoms with van der Waals surface area (Å²) < 4.78 is 13.6. The van der Waals surface area contributed by atoms with Crippen molar-refractivity contribution in [3.8, 4) is 11.5 Å². The lowest BCUT2D eigenvalue weighted by Gasteiger charge is -2.36. The molecule has 0 radical (unpaired) electrons. The van der Waals surface area contributed by atoms with E-state index < -0.39 is 0 Å². The Balaban J connectivity index is 1.35. The van der Waals surface area contributed by atoms with E-state index in [0.717, 1.165) is 29.3 Å². The monoisotopic (exact) mass is 444 g/mol. The molecule has 33 heavy (non-hydrogen) atoms. The zero-order valence-electron chi connectivity index (χ0n) is 18.3. The van der Waals surface area contributed by atoms with Crippen LogP contribution in [0.1, 0.15) is 35.1 Å². The maximum Gasteiger partial charge on any atom is 0.275 e. The van der Waals surface area contributed by atoms with Crippen molar-refractivity contribution in [3.05, 3.63) is 60.4 Å². The van der Waals surface area contributed by atoms with Crippen molar-refractivity contribution in [1.29, 1.82) is 0 Å². The van der Waals surface area contributed by atoms with Crippen molar-refractivity contribution in [3.63, 3.8) is 0 Å². The first-order valence-electron chi connectivity index (χ1n) is 11.2. The summed E-state index contributed by atoms with van der Waals surface area (Å²) in [5, 5.41) is 14.1. The number of rotatable bonds is 3. The third-order valence-electron chi connectivity index (χ3n) is 7.05. The van der Waals surface area contributed by atoms with Crippen LogP contribution in [0.5, 0.6) is 0 Å². The molecule has 2 aliphatic rings. The minimum atomic E-state index is -0.152. The van der Waals surface area contributed by atoms with Crippen LogP contribution in [0.15, 0.2) is 53.2 Å². The summed E-state index contributed by atoms with van der Waals surface area (Å²) in [6.45, 7) is 2.46. The SMILES string of the molecule is Cn1nc(C(=O)N2CC(c3nnc(-c4ccncc4)o3)C3(CCOCC3)C2)c2ccccc21. The van der Waals surface area contributed by atoms with E-state index in [2.05, 4.69) is 20.3 Å². The predicted molar refractivity (Wildman–Crippen MR) is 119 cm³/mol. The zero-order valence-corrected chi connectivity index (χ0v) is 18.3. The Labute approximate surface area is 190 Å². The van der Waals surface area contributed by atoms with Crippen LogP contribution in [-0.2, 0) is 11.8 Å². The number of likely N-dealkylation sites (tertiary alicyclic amines) is 1. The van der Waals surface area contributed by atoms with Crippen molar-refractivity contribution < 1.29 is 13.9 Å². The van der Waals surface area contributed by atoms with Gasteiger partial charge in [0, 0.05) is 62.1 Å². The van der Waals surface area contributed by atoms with Crippen LogP contribution >= 0.6 is 0 Å². The number of para-hydroxylation sites is 1. The molecule has 0 bridgehead atoms. The molecule has 9 nitrogen and oxygen atoms in total. The van der Waals surface area contributed by atoms with Crippen molar-refractivity contribution >= 4 is 16.8 Å². The van der Waals surface area contributed by atoms with Gasteiger partial charge in [-0.05, 0) is 31.0 Å². The second kappa shape index (κ2) is 7.77. The number of carbonyl (C=O) groups excluding carboxylic acids is 1. The second-order valence-corrected chi connectivity index (χ2v) is 8.88. The molecule has 4 aromatic rings. The number of aryl methyl sites for hydroxylation is 1. The molecule has 1 aromatic carbocycles. The predicted octanol–water partition coefficient (Wildman–Crippen LogP) is 3.05. The molecule has 1 unspecified atom stereocenters. The van der Waals surface area contributed by atoms with Crippen molar-refractivity contribution in [2.24, 2.45) is 12.5 Å². The molecule has 5 heterocycles. The Hall–Kier alpha value is -3.59. The van der Waals surface area contributed by atoms with Gasteiger partial charge < -0.3 is 14.1 Å². The van der Waals surface area contributed by atoms with E-state index in [-0.39, 0.29) is 17.2 Å². The molecule has 0 N–H and O–H groups in total. The molecule has 2 aliphatic heterocycles. The van der Waals surface area contributed by atoms with E-state index in [4.69, 9.17) is 9.15 Å². The molecule has 168 valence electrons. The number of hydrogen-bond acceptors (Lipinski definition) is 7. The van der Waals surface area contributed by atoms with Crippen LogP contribution in [0, 0.1) is 5.41 Å². The van der Waals surface area contributed by atoms with Crippen molar-refractivity contribution in [1.82, 2.24) is 29.9 Å². The van der Waals surface area contributed by atoms with Crippen molar-refractivity contribution in [2.45, 2.75) is 18.8 Å². The average Bonchev–Trinajstić information content (AvgIpc) is 3.56. The Kier molecular flexibility index (Phi) is 4.72. The van der Waals surface area contributed by atoms with E-state index in [1.54, 1.807) is 17.1 Å². The summed E-state index contributed by atoms with van der Waals surface area (Å²) in [6.07, 6.45) is 5.09. The highest BCUT2D eigenvalue weighted by Gasteiger charge is 2.52. The van der Waals surface area contributed by atoms with Gasteiger partial charge in [0.1, 0.15) is 0 Å². The quantitative estimate of drug-likeness (QED) is 0.479. The van der Waals surface area contributed by atoms with E-state index >= 15 is 0 Å². The van der Waals surface area contributed by atoms with Crippen LogP contribution in [0.2, 0.25) is 0 Å². The van der Waals surface area contributed by atoms with Gasteiger partial charge in [0.15, 0.2) is 5.69 Å². The third kappa shape index (κ3) is 3.31. The topological polar surface area (TPSA) is 99.2 Å². The number of hydrogen-bond donors (Lipinski definition) is 0. The van der Waals surface area contributed by atoms with E-state index in [1.807, 2.05) is 48.3 Å². The summed E-state index contributed by atoms with van der Waals surface area (Å²) in [5.41, 5.74) is 2.10. The summed E-state index contributed by atoms with van der Waals surface area (Å²) in [6, 6.07) is 11.5. The van der Waals surface area contributed by atoms with Crippen LogP contribution in [-0.4, -0.2) is 62.1 Å². The first-order chi connectivity index (χ1) is 16.1. The Morgan fingerprint density at radius 1 is 1.09 bits per heavy atom. The molecule has 6 rings (SSSR count). The number of carbonyl (C=O) groups is 1. The minimum absolute atomic E-state index is 0.0524. The number of nitrogens with zero attached hydrogens (tertiary/aromatic N) is 6. The molecule has 1 amide bonds. The standard InChI is InChI=1S/C24H24N6O3/c1-29-19-5-3-2-4-17(19)20(28-29)23(31)30-14-18(24(15-30)8-12-32-13-9-24)22-27-26-21(33-22)16-6-10-25-11-7-16/h2-7,10-11,18H,8-9,12-15H2,1H3. The molecule has 1 spiro atoms. The van der Waals surface area contributed by atoms with E-state index in [1.165, 1.54) is 0 Å². The molecule has 0 saturated carbocycles. The molecule has 9 heteroatoms. The largest absolute Gasteiger partial charge is 0.420 e. The van der Waals surface area contributed by atoms with E-state index in [0.29, 0.717) is 43.8 Å². The molecule has 1 atom stereocenters. The molecule has 3 aromatic heterocycles. The fourth-order valence-corrected chi connectivity index (χ4v) is 5.26. The number of fused-ring (bicyclic) bond motifs is 1.